The summed E-state index contributed by atoms with van der Waals surface area (Å²) in [4.78, 5) is 31.2. The summed E-state index contributed by atoms with van der Waals surface area (Å²) < 4.78 is 5.22. The maximum Gasteiger partial charge on any atom is 0.407 e. The lowest BCUT2D eigenvalue weighted by molar-refractivity contribution is -0.522. The number of amides is 1. The second-order valence-electron chi connectivity index (χ2n) is 7.43. The van der Waals surface area contributed by atoms with Crippen LogP contribution in [0.5, 0.6) is 0 Å². The minimum atomic E-state index is -2.12. The molecule has 3 rings (SSSR count). The van der Waals surface area contributed by atoms with E-state index in [1.807, 2.05) is 0 Å². The molecule has 1 saturated heterocycles. The lowest BCUT2D eigenvalue weighted by Gasteiger charge is -2.45. The average Bonchev–Trinajstić information content (AvgIpc) is 3.12. The minimum absolute atomic E-state index is 0.0393. The highest BCUT2D eigenvalue weighted by molar-refractivity contribution is 5.84. The summed E-state index contributed by atoms with van der Waals surface area (Å²) in [5.74, 6) is -2.72. The van der Waals surface area contributed by atoms with Gasteiger partial charge in [0, 0.05) is 25.9 Å². The van der Waals surface area contributed by atoms with Gasteiger partial charge in [0.2, 0.25) is 5.79 Å². The Hall–Kier alpha value is -2.80. The summed E-state index contributed by atoms with van der Waals surface area (Å²) in [7, 11) is 0. The van der Waals surface area contributed by atoms with E-state index in [1.165, 1.54) is 0 Å². The molecule has 1 spiro atoms. The number of nitrogens with one attached hydrogen (secondary N) is 3. The van der Waals surface area contributed by atoms with Crippen LogP contribution in [0.25, 0.3) is 0 Å². The number of nitrogens with two attached hydrogens (primary N) is 2. The van der Waals surface area contributed by atoms with Gasteiger partial charge in [-0.3, -0.25) is 15.5 Å². The zero-order valence-electron chi connectivity index (χ0n) is 15.9. The maximum atomic E-state index is 11.9. The van der Waals surface area contributed by atoms with Crippen molar-refractivity contribution in [1.29, 1.82) is 0 Å². The lowest BCUT2D eigenvalue weighted by atomic mass is 9.87. The molecule has 1 fully saturated rings. The first-order chi connectivity index (χ1) is 13.7. The van der Waals surface area contributed by atoms with Crippen LogP contribution in [0.3, 0.4) is 0 Å². The van der Waals surface area contributed by atoms with Crippen LogP contribution < -0.4 is 27.1 Å². The molecular weight excluding hydrogens is 386 g/mol. The Bertz CT molecular complexity index is 727. The quantitative estimate of drug-likeness (QED) is 0.141. The van der Waals surface area contributed by atoms with Crippen LogP contribution in [0, 0.1) is 0 Å². The number of carbonyl (C=O) groups excluding carboxylic acids is 1. The fourth-order valence-corrected chi connectivity index (χ4v) is 4.12. The molecule has 0 saturated carbocycles. The van der Waals surface area contributed by atoms with Gasteiger partial charge in [0.15, 0.2) is 12.0 Å². The smallest absolute Gasteiger partial charge is 0.407 e. The highest BCUT2D eigenvalue weighted by atomic mass is 16.5. The lowest BCUT2D eigenvalue weighted by Crippen LogP contribution is -2.89. The van der Waals surface area contributed by atoms with Crippen molar-refractivity contribution in [2.24, 2.45) is 16.5 Å². The normalized spacial score (nSPS) is 29.2. The molecule has 3 aliphatic heterocycles. The van der Waals surface area contributed by atoms with Crippen LogP contribution in [-0.2, 0) is 9.53 Å². The van der Waals surface area contributed by atoms with E-state index in [1.54, 1.807) is 4.90 Å². The first kappa shape index (κ1) is 20.9. The van der Waals surface area contributed by atoms with Crippen LogP contribution in [-0.4, -0.2) is 87.4 Å². The van der Waals surface area contributed by atoms with Gasteiger partial charge in [-0.15, -0.1) is 0 Å². The van der Waals surface area contributed by atoms with Crippen molar-refractivity contribution in [3.63, 3.8) is 0 Å². The van der Waals surface area contributed by atoms with Gasteiger partial charge < -0.3 is 36.0 Å². The molecule has 162 valence electrons. The Kier molecular flexibility index (Phi) is 5.71. The molecule has 0 aromatic rings. The van der Waals surface area contributed by atoms with E-state index in [2.05, 4.69) is 20.6 Å². The number of hydrogen-bond donors (Lipinski definition) is 8. The molecule has 0 bridgehead atoms. The van der Waals surface area contributed by atoms with Gasteiger partial charge in [-0.1, -0.05) is 6.42 Å². The number of ether oxygens (including phenoxy) is 1. The molecule has 13 nitrogen and oxygen atoms in total. The summed E-state index contributed by atoms with van der Waals surface area (Å²) in [5.41, 5.74) is 10.5. The molecule has 10 N–H and O–H groups in total. The highest BCUT2D eigenvalue weighted by Gasteiger charge is 2.72. The molecule has 3 heterocycles. The summed E-state index contributed by atoms with van der Waals surface area (Å²) in [6, 6.07) is -1.38. The molecule has 0 aliphatic carbocycles. The monoisotopic (exact) mass is 414 g/mol. The number of aliphatic hydroxyl groups is 2. The summed E-state index contributed by atoms with van der Waals surface area (Å²) in [6.45, 7) is 0.479. The second-order valence-corrected chi connectivity index (χ2v) is 7.43. The van der Waals surface area contributed by atoms with E-state index in [0.717, 1.165) is 0 Å². The van der Waals surface area contributed by atoms with Gasteiger partial charge in [-0.25, -0.2) is 15.1 Å². The third-order valence-electron chi connectivity index (χ3n) is 5.49. The number of unbranched alkanes of at least 4 members (excludes halogenated alkanes) is 2. The minimum Gasteiger partial charge on any atom is -0.481 e. The number of guanidine groups is 2. The SMILES string of the molecule is NC1=N[C@@H](COC(=O)NCCCCCC(=O)O)C2[NH+]=C(N)NC23N1CCC3(O)O. The van der Waals surface area contributed by atoms with E-state index >= 15 is 0 Å². The summed E-state index contributed by atoms with van der Waals surface area (Å²) in [6.07, 6.45) is 1.34. The van der Waals surface area contributed by atoms with E-state index in [9.17, 15) is 19.8 Å². The van der Waals surface area contributed by atoms with E-state index < -0.39 is 35.6 Å². The number of nitrogens with zero attached hydrogens (tertiary/aromatic N) is 2. The Morgan fingerprint density at radius 1 is 1.34 bits per heavy atom. The number of aliphatic carboxylic acids is 1. The van der Waals surface area contributed by atoms with Crippen molar-refractivity contribution in [3.8, 4) is 0 Å². The number of alkyl carbamates (subject to hydrolysis) is 1. The van der Waals surface area contributed by atoms with Gasteiger partial charge in [0.1, 0.15) is 12.6 Å². The molecule has 3 aliphatic rings. The van der Waals surface area contributed by atoms with E-state index in [-0.39, 0.29) is 37.9 Å². The molecule has 13 heteroatoms. The fraction of sp³-hybridized carbons (Fsp3) is 0.750. The molecule has 0 aromatic heterocycles. The number of carboxylic acid groups (broad SMARTS) is 1. The van der Waals surface area contributed by atoms with E-state index in [0.29, 0.717) is 25.8 Å². The predicted octanol–water partition coefficient (Wildman–Crippen LogP) is -4.50. The van der Waals surface area contributed by atoms with Crippen LogP contribution >= 0.6 is 0 Å². The van der Waals surface area contributed by atoms with Gasteiger partial charge >= 0.3 is 18.0 Å². The molecule has 1 amide bonds. The van der Waals surface area contributed by atoms with Crippen LogP contribution in [0.2, 0.25) is 0 Å². The third kappa shape index (κ3) is 3.87. The molecule has 2 unspecified atom stereocenters. The number of rotatable bonds is 8. The standard InChI is InChI=1S/C16H27N7O6/c17-12-21-11-9(8-29-14(26)19-6-3-1-2-4-10(24)25)20-13(18)23-7-5-15(27,28)16(11,23)22-12/h9,11,27-28H,1-8H2,(H2,18,20)(H,19,26)(H,24,25)(H3,17,21,22)/p+1/t9-,11?,16?/m0/s1. The Morgan fingerprint density at radius 3 is 2.83 bits per heavy atom. The van der Waals surface area contributed by atoms with Crippen molar-refractivity contribution in [1.82, 2.24) is 15.5 Å². The van der Waals surface area contributed by atoms with Crippen molar-refractivity contribution >= 4 is 24.0 Å². The van der Waals surface area contributed by atoms with Crippen molar-refractivity contribution in [2.75, 3.05) is 19.7 Å². The molecular formula is C16H28N7O6+. The van der Waals surface area contributed by atoms with Gasteiger partial charge in [-0.05, 0) is 12.8 Å². The van der Waals surface area contributed by atoms with Crippen LogP contribution in [0.15, 0.2) is 4.99 Å². The van der Waals surface area contributed by atoms with Crippen LogP contribution in [0.4, 0.5) is 4.79 Å². The van der Waals surface area contributed by atoms with Crippen LogP contribution in [0.1, 0.15) is 32.1 Å². The van der Waals surface area contributed by atoms with Crippen molar-refractivity contribution < 1.29 is 34.6 Å². The van der Waals surface area contributed by atoms with Gasteiger partial charge in [0.05, 0.1) is 0 Å². The topological polar surface area (TPSA) is 210 Å². The second kappa shape index (κ2) is 7.91. The maximum absolute atomic E-state index is 11.9. The van der Waals surface area contributed by atoms with Crippen molar-refractivity contribution in [3.05, 3.63) is 0 Å². The number of carbonyl (C=O) groups is 2. The molecule has 0 radical (unpaired) electrons. The first-order valence-corrected chi connectivity index (χ1v) is 9.52. The number of carboxylic acids is 1. The predicted molar refractivity (Wildman–Crippen MR) is 99.2 cm³/mol. The largest absolute Gasteiger partial charge is 0.481 e. The average molecular weight is 414 g/mol. The Labute approximate surface area is 166 Å². The Balaban J connectivity index is 1.55. The number of aliphatic imine (C=N–C) groups is 1. The van der Waals surface area contributed by atoms with Crippen molar-refractivity contribution in [2.45, 2.75) is 55.6 Å². The third-order valence-corrected chi connectivity index (χ3v) is 5.49. The zero-order valence-corrected chi connectivity index (χ0v) is 15.9. The summed E-state index contributed by atoms with van der Waals surface area (Å²) in [5, 5.41) is 35.2. The van der Waals surface area contributed by atoms with E-state index in [4.69, 9.17) is 21.3 Å². The van der Waals surface area contributed by atoms with Gasteiger partial charge in [-0.2, -0.15) is 0 Å². The Morgan fingerprint density at radius 2 is 2.10 bits per heavy atom. The molecule has 3 atom stereocenters. The molecule has 29 heavy (non-hydrogen) atoms. The van der Waals surface area contributed by atoms with Gasteiger partial charge in [0.25, 0.3) is 5.66 Å². The first-order valence-electron chi connectivity index (χ1n) is 9.52. The fourth-order valence-electron chi connectivity index (χ4n) is 4.12. The molecule has 0 aromatic carbocycles. The highest BCUT2D eigenvalue weighted by Crippen LogP contribution is 2.40. The zero-order chi connectivity index (χ0) is 21.2. The number of hydrogen-bond acceptors (Lipinski definition) is 10. The summed E-state index contributed by atoms with van der Waals surface area (Å²) >= 11 is 0.